The highest BCUT2D eigenvalue weighted by atomic mass is 127. The van der Waals surface area contributed by atoms with E-state index >= 15 is 0 Å². The maximum atomic E-state index is 13.0. The standard InChI is InChI=1S/C13H8ClF2IN2O/c14-12-9(4-8(17)6-18-12)13(20)19-5-7-1-2-10(15)11(16)3-7/h1-4,6H,5H2,(H,19,20). The third-order valence-electron chi connectivity index (χ3n) is 2.49. The van der Waals surface area contributed by atoms with Crippen LogP contribution in [-0.4, -0.2) is 10.9 Å². The van der Waals surface area contributed by atoms with Gasteiger partial charge in [0.05, 0.1) is 5.56 Å². The number of nitrogens with one attached hydrogen (secondary N) is 1. The maximum Gasteiger partial charge on any atom is 0.254 e. The first-order valence-corrected chi connectivity index (χ1v) is 6.96. The molecule has 1 heterocycles. The molecule has 2 rings (SSSR count). The minimum absolute atomic E-state index is 0.0673. The molecule has 1 N–H and O–H groups in total. The zero-order valence-electron chi connectivity index (χ0n) is 9.96. The molecule has 0 fully saturated rings. The molecule has 2 aromatic rings. The molecule has 1 aromatic heterocycles. The minimum Gasteiger partial charge on any atom is -0.348 e. The van der Waals surface area contributed by atoms with Crippen molar-refractivity contribution >= 4 is 40.1 Å². The van der Waals surface area contributed by atoms with Gasteiger partial charge in [0.15, 0.2) is 11.6 Å². The monoisotopic (exact) mass is 408 g/mol. The summed E-state index contributed by atoms with van der Waals surface area (Å²) in [6.07, 6.45) is 1.54. The van der Waals surface area contributed by atoms with Gasteiger partial charge in [-0.1, -0.05) is 17.7 Å². The summed E-state index contributed by atoms with van der Waals surface area (Å²) in [6, 6.07) is 5.03. The van der Waals surface area contributed by atoms with Gasteiger partial charge < -0.3 is 5.32 Å². The fourth-order valence-electron chi connectivity index (χ4n) is 1.51. The third kappa shape index (κ3) is 3.63. The Hall–Kier alpha value is -1.28. The zero-order valence-corrected chi connectivity index (χ0v) is 12.9. The van der Waals surface area contributed by atoms with Crippen molar-refractivity contribution in [2.75, 3.05) is 0 Å². The smallest absolute Gasteiger partial charge is 0.254 e. The summed E-state index contributed by atoms with van der Waals surface area (Å²) in [5.74, 6) is -2.30. The Balaban J connectivity index is 2.08. The predicted molar refractivity (Wildman–Crippen MR) is 79.5 cm³/mol. The molecular weight excluding hydrogens is 401 g/mol. The lowest BCUT2D eigenvalue weighted by Gasteiger charge is -2.07. The topological polar surface area (TPSA) is 42.0 Å². The van der Waals surface area contributed by atoms with E-state index in [1.165, 1.54) is 12.3 Å². The largest absolute Gasteiger partial charge is 0.348 e. The van der Waals surface area contributed by atoms with E-state index in [1.54, 1.807) is 6.07 Å². The van der Waals surface area contributed by atoms with E-state index in [9.17, 15) is 13.6 Å². The van der Waals surface area contributed by atoms with Crippen LogP contribution in [0.3, 0.4) is 0 Å². The van der Waals surface area contributed by atoms with Gasteiger partial charge in [-0.15, -0.1) is 0 Å². The highest BCUT2D eigenvalue weighted by molar-refractivity contribution is 14.1. The molecule has 0 bridgehead atoms. The summed E-state index contributed by atoms with van der Waals surface area (Å²) in [5.41, 5.74) is 0.688. The van der Waals surface area contributed by atoms with Gasteiger partial charge in [-0.3, -0.25) is 4.79 Å². The maximum absolute atomic E-state index is 13.0. The molecular formula is C13H8ClF2IN2O. The van der Waals surface area contributed by atoms with Crippen LogP contribution in [0.5, 0.6) is 0 Å². The summed E-state index contributed by atoms with van der Waals surface area (Å²) >= 11 is 7.84. The lowest BCUT2D eigenvalue weighted by atomic mass is 10.2. The van der Waals surface area contributed by atoms with E-state index in [4.69, 9.17) is 11.6 Å². The minimum atomic E-state index is -0.953. The van der Waals surface area contributed by atoms with Crippen LogP contribution < -0.4 is 5.32 Å². The average molecular weight is 409 g/mol. The molecule has 0 saturated carbocycles. The van der Waals surface area contributed by atoms with Crippen molar-refractivity contribution in [3.8, 4) is 0 Å². The van der Waals surface area contributed by atoms with Crippen molar-refractivity contribution in [3.05, 3.63) is 61.9 Å². The van der Waals surface area contributed by atoms with Gasteiger partial charge in [0.2, 0.25) is 0 Å². The molecule has 0 aliphatic heterocycles. The fourth-order valence-corrected chi connectivity index (χ4v) is 2.15. The van der Waals surface area contributed by atoms with Crippen LogP contribution in [0, 0.1) is 15.2 Å². The lowest BCUT2D eigenvalue weighted by Crippen LogP contribution is -2.23. The first-order chi connectivity index (χ1) is 9.47. The number of benzene rings is 1. The van der Waals surface area contributed by atoms with Crippen LogP contribution >= 0.6 is 34.2 Å². The van der Waals surface area contributed by atoms with Crippen LogP contribution in [0.4, 0.5) is 8.78 Å². The number of aromatic nitrogens is 1. The van der Waals surface area contributed by atoms with Crippen molar-refractivity contribution in [1.82, 2.24) is 10.3 Å². The number of hydrogen-bond donors (Lipinski definition) is 1. The third-order valence-corrected chi connectivity index (χ3v) is 3.38. The number of rotatable bonds is 3. The summed E-state index contributed by atoms with van der Waals surface area (Å²) in [4.78, 5) is 15.8. The quantitative estimate of drug-likeness (QED) is 0.623. The van der Waals surface area contributed by atoms with Crippen molar-refractivity contribution in [1.29, 1.82) is 0 Å². The van der Waals surface area contributed by atoms with Crippen LogP contribution in [0.2, 0.25) is 5.15 Å². The molecule has 1 amide bonds. The predicted octanol–water partition coefficient (Wildman–Crippen LogP) is 3.55. The molecule has 104 valence electrons. The first-order valence-electron chi connectivity index (χ1n) is 5.50. The van der Waals surface area contributed by atoms with E-state index in [0.29, 0.717) is 5.56 Å². The first kappa shape index (κ1) is 15.1. The van der Waals surface area contributed by atoms with Gasteiger partial charge in [-0.05, 0) is 46.4 Å². The van der Waals surface area contributed by atoms with E-state index in [1.807, 2.05) is 22.6 Å². The average Bonchev–Trinajstić information content (AvgIpc) is 2.42. The molecule has 7 heteroatoms. The molecule has 0 spiro atoms. The van der Waals surface area contributed by atoms with E-state index in [0.717, 1.165) is 15.7 Å². The molecule has 0 saturated heterocycles. The number of hydrogen-bond acceptors (Lipinski definition) is 2. The Morgan fingerprint density at radius 1 is 1.30 bits per heavy atom. The number of pyridine rings is 1. The molecule has 0 radical (unpaired) electrons. The Kier molecular flexibility index (Phi) is 4.87. The van der Waals surface area contributed by atoms with Crippen molar-refractivity contribution in [2.45, 2.75) is 6.54 Å². The van der Waals surface area contributed by atoms with Gasteiger partial charge in [0.25, 0.3) is 5.91 Å². The van der Waals surface area contributed by atoms with Crippen LogP contribution in [0.25, 0.3) is 0 Å². The number of halogens is 4. The fraction of sp³-hybridized carbons (Fsp3) is 0.0769. The second-order valence-electron chi connectivity index (χ2n) is 3.92. The molecule has 1 aromatic carbocycles. The van der Waals surface area contributed by atoms with E-state index in [-0.39, 0.29) is 17.3 Å². The van der Waals surface area contributed by atoms with Gasteiger partial charge in [0, 0.05) is 16.3 Å². The van der Waals surface area contributed by atoms with Gasteiger partial charge >= 0.3 is 0 Å². The van der Waals surface area contributed by atoms with E-state index < -0.39 is 17.5 Å². The second-order valence-corrected chi connectivity index (χ2v) is 5.53. The Labute approximate surface area is 132 Å². The Morgan fingerprint density at radius 2 is 2.05 bits per heavy atom. The van der Waals surface area contributed by atoms with Gasteiger partial charge in [0.1, 0.15) is 5.15 Å². The normalized spacial score (nSPS) is 10.4. The Bertz CT molecular complexity index is 667. The SMILES string of the molecule is O=C(NCc1ccc(F)c(F)c1)c1cc(I)cnc1Cl. The summed E-state index contributed by atoms with van der Waals surface area (Å²) in [6.45, 7) is 0.0673. The van der Waals surface area contributed by atoms with Gasteiger partial charge in [-0.2, -0.15) is 0 Å². The molecule has 0 aliphatic rings. The summed E-state index contributed by atoms with van der Waals surface area (Å²) in [7, 11) is 0. The van der Waals surface area contributed by atoms with Crippen LogP contribution in [-0.2, 0) is 6.54 Å². The summed E-state index contributed by atoms with van der Waals surface area (Å²) < 4.78 is 26.6. The molecule has 0 aliphatic carbocycles. The van der Waals surface area contributed by atoms with Crippen LogP contribution in [0.1, 0.15) is 15.9 Å². The van der Waals surface area contributed by atoms with Crippen molar-refractivity contribution in [3.63, 3.8) is 0 Å². The lowest BCUT2D eigenvalue weighted by molar-refractivity contribution is 0.0950. The number of carbonyl (C=O) groups is 1. The summed E-state index contributed by atoms with van der Waals surface area (Å²) in [5, 5.41) is 2.67. The molecule has 20 heavy (non-hydrogen) atoms. The highest BCUT2D eigenvalue weighted by Crippen LogP contribution is 2.16. The number of nitrogens with zero attached hydrogens (tertiary/aromatic N) is 1. The van der Waals surface area contributed by atoms with Crippen molar-refractivity contribution in [2.24, 2.45) is 0 Å². The Morgan fingerprint density at radius 3 is 2.75 bits per heavy atom. The van der Waals surface area contributed by atoms with Crippen LogP contribution in [0.15, 0.2) is 30.5 Å². The zero-order chi connectivity index (χ0) is 14.7. The highest BCUT2D eigenvalue weighted by Gasteiger charge is 2.12. The second kappa shape index (κ2) is 6.45. The molecule has 3 nitrogen and oxygen atoms in total. The number of carbonyl (C=O) groups excluding carboxylic acids is 1. The number of amides is 1. The molecule has 0 atom stereocenters. The van der Waals surface area contributed by atoms with E-state index in [2.05, 4.69) is 10.3 Å². The van der Waals surface area contributed by atoms with Crippen molar-refractivity contribution < 1.29 is 13.6 Å². The molecule has 0 unspecified atom stereocenters. The van der Waals surface area contributed by atoms with Gasteiger partial charge in [-0.25, -0.2) is 13.8 Å².